The molecule has 7 nitrogen and oxygen atoms in total. The average Bonchev–Trinajstić information content (AvgIpc) is 2.94. The van der Waals surface area contributed by atoms with Crippen LogP contribution in [0.5, 0.6) is 0 Å². The van der Waals surface area contributed by atoms with Crippen LogP contribution >= 0.6 is 0 Å². The van der Waals surface area contributed by atoms with Crippen molar-refractivity contribution >= 4 is 5.82 Å². The zero-order chi connectivity index (χ0) is 14.3. The van der Waals surface area contributed by atoms with Gasteiger partial charge in [0.25, 0.3) is 5.95 Å². The van der Waals surface area contributed by atoms with Crippen LogP contribution in [0.25, 0.3) is 17.4 Å². The van der Waals surface area contributed by atoms with Gasteiger partial charge in [0.05, 0.1) is 11.4 Å². The van der Waals surface area contributed by atoms with Gasteiger partial charge in [-0.2, -0.15) is 10.1 Å². The molecule has 0 aromatic carbocycles. The smallest absolute Gasteiger partial charge is 0.253 e. The number of aryl methyl sites for hydroxylation is 3. The Hall–Kier alpha value is -2.70. The Morgan fingerprint density at radius 3 is 2.55 bits per heavy atom. The van der Waals surface area contributed by atoms with Crippen molar-refractivity contribution in [1.82, 2.24) is 24.7 Å². The number of nitrogens with two attached hydrogens (primary N) is 1. The minimum atomic E-state index is 0.355. The largest absolute Gasteiger partial charge is 0.442 e. The number of aromatic nitrogens is 5. The summed E-state index contributed by atoms with van der Waals surface area (Å²) in [5, 5.41) is 4.36. The second kappa shape index (κ2) is 4.44. The van der Waals surface area contributed by atoms with Gasteiger partial charge >= 0.3 is 0 Å². The molecule has 0 saturated carbocycles. The molecular formula is C13H14N6O. The Bertz CT molecular complexity index is 773. The monoisotopic (exact) mass is 270 g/mol. The molecule has 0 atom stereocenters. The third-order valence-electron chi connectivity index (χ3n) is 2.91. The molecule has 102 valence electrons. The molecule has 0 aliphatic heterocycles. The van der Waals surface area contributed by atoms with Gasteiger partial charge in [0.15, 0.2) is 12.2 Å². The van der Waals surface area contributed by atoms with E-state index in [-0.39, 0.29) is 0 Å². The van der Waals surface area contributed by atoms with Gasteiger partial charge in [0.1, 0.15) is 11.5 Å². The van der Waals surface area contributed by atoms with Crippen molar-refractivity contribution in [3.63, 3.8) is 0 Å². The van der Waals surface area contributed by atoms with Gasteiger partial charge in [-0.05, 0) is 26.8 Å². The zero-order valence-corrected chi connectivity index (χ0v) is 11.5. The predicted octanol–water partition coefficient (Wildman–Crippen LogP) is 1.82. The van der Waals surface area contributed by atoms with Crippen LogP contribution in [0, 0.1) is 20.8 Å². The fourth-order valence-corrected chi connectivity index (χ4v) is 2.04. The minimum absolute atomic E-state index is 0.355. The van der Waals surface area contributed by atoms with E-state index in [0.717, 1.165) is 17.1 Å². The minimum Gasteiger partial charge on any atom is -0.442 e. The molecule has 0 unspecified atom stereocenters. The van der Waals surface area contributed by atoms with Gasteiger partial charge in [-0.1, -0.05) is 0 Å². The topological polar surface area (TPSA) is 95.7 Å². The van der Waals surface area contributed by atoms with E-state index in [9.17, 15) is 0 Å². The SMILES string of the molecule is Cc1cc(C)n(-c2nc(N)cc(-c3ocnc3C)n2)n1. The van der Waals surface area contributed by atoms with E-state index in [1.807, 2.05) is 26.8 Å². The van der Waals surface area contributed by atoms with Crippen molar-refractivity contribution in [3.8, 4) is 17.4 Å². The van der Waals surface area contributed by atoms with Crippen molar-refractivity contribution < 1.29 is 4.42 Å². The van der Waals surface area contributed by atoms with E-state index in [1.165, 1.54) is 6.39 Å². The first-order chi connectivity index (χ1) is 9.54. The van der Waals surface area contributed by atoms with Crippen LogP contribution in [-0.4, -0.2) is 24.7 Å². The van der Waals surface area contributed by atoms with Crippen molar-refractivity contribution in [2.75, 3.05) is 5.73 Å². The Morgan fingerprint density at radius 1 is 1.15 bits per heavy atom. The van der Waals surface area contributed by atoms with E-state index >= 15 is 0 Å². The van der Waals surface area contributed by atoms with E-state index < -0.39 is 0 Å². The number of hydrogen-bond acceptors (Lipinski definition) is 6. The third-order valence-corrected chi connectivity index (χ3v) is 2.91. The maximum absolute atomic E-state index is 5.86. The quantitative estimate of drug-likeness (QED) is 0.763. The molecule has 0 fully saturated rings. The first-order valence-corrected chi connectivity index (χ1v) is 6.13. The Labute approximate surface area is 115 Å². The molecule has 3 rings (SSSR count). The van der Waals surface area contributed by atoms with Gasteiger partial charge in [-0.25, -0.2) is 14.6 Å². The summed E-state index contributed by atoms with van der Waals surface area (Å²) in [6, 6.07) is 3.61. The van der Waals surface area contributed by atoms with E-state index in [2.05, 4.69) is 20.1 Å². The molecule has 0 spiro atoms. The van der Waals surface area contributed by atoms with Crippen LogP contribution in [0.4, 0.5) is 5.82 Å². The standard InChI is InChI=1S/C13H14N6O/c1-7-4-8(2)19(18-7)13-16-10(5-11(14)17-13)12-9(3)15-6-20-12/h4-6H,1-3H3,(H2,14,16,17). The highest BCUT2D eigenvalue weighted by atomic mass is 16.3. The highest BCUT2D eigenvalue weighted by Crippen LogP contribution is 2.23. The molecule has 20 heavy (non-hydrogen) atoms. The number of anilines is 1. The lowest BCUT2D eigenvalue weighted by Gasteiger charge is -2.05. The van der Waals surface area contributed by atoms with Crippen LogP contribution in [0.15, 0.2) is 22.9 Å². The molecular weight excluding hydrogens is 256 g/mol. The molecule has 0 bridgehead atoms. The summed E-state index contributed by atoms with van der Waals surface area (Å²) in [5.74, 6) is 1.36. The number of rotatable bonds is 2. The van der Waals surface area contributed by atoms with Crippen molar-refractivity contribution in [3.05, 3.63) is 35.6 Å². The van der Waals surface area contributed by atoms with Gasteiger partial charge < -0.3 is 10.2 Å². The second-order valence-corrected chi connectivity index (χ2v) is 4.58. The fraction of sp³-hybridized carbons (Fsp3) is 0.231. The van der Waals surface area contributed by atoms with Gasteiger partial charge in [0, 0.05) is 11.8 Å². The van der Waals surface area contributed by atoms with E-state index in [4.69, 9.17) is 10.2 Å². The highest BCUT2D eigenvalue weighted by molar-refractivity contribution is 5.59. The molecule has 2 N–H and O–H groups in total. The maximum Gasteiger partial charge on any atom is 0.253 e. The summed E-state index contributed by atoms with van der Waals surface area (Å²) in [4.78, 5) is 12.7. The van der Waals surface area contributed by atoms with Gasteiger partial charge in [-0.3, -0.25) is 0 Å². The summed E-state index contributed by atoms with van der Waals surface area (Å²) in [6.07, 6.45) is 1.38. The molecule has 0 radical (unpaired) electrons. The molecule has 0 amide bonds. The first kappa shape index (κ1) is 12.3. The van der Waals surface area contributed by atoms with E-state index in [0.29, 0.717) is 23.2 Å². The van der Waals surface area contributed by atoms with Crippen molar-refractivity contribution in [1.29, 1.82) is 0 Å². The lowest BCUT2D eigenvalue weighted by molar-refractivity contribution is 0.568. The van der Waals surface area contributed by atoms with Crippen LogP contribution < -0.4 is 5.73 Å². The number of hydrogen-bond donors (Lipinski definition) is 1. The summed E-state index contributed by atoms with van der Waals surface area (Å²) < 4.78 is 7.00. The van der Waals surface area contributed by atoms with Gasteiger partial charge in [0.2, 0.25) is 0 Å². The molecule has 3 aromatic rings. The first-order valence-electron chi connectivity index (χ1n) is 6.13. The Morgan fingerprint density at radius 2 is 1.95 bits per heavy atom. The number of oxazole rings is 1. The lowest BCUT2D eigenvalue weighted by atomic mass is 10.2. The van der Waals surface area contributed by atoms with Crippen LogP contribution in [0.1, 0.15) is 17.1 Å². The molecule has 3 heterocycles. The summed E-state index contributed by atoms with van der Waals surface area (Å²) in [5.41, 5.74) is 9.03. The van der Waals surface area contributed by atoms with Crippen LogP contribution in [-0.2, 0) is 0 Å². The van der Waals surface area contributed by atoms with Crippen molar-refractivity contribution in [2.24, 2.45) is 0 Å². The number of nitrogen functional groups attached to an aromatic ring is 1. The number of nitrogens with zero attached hydrogens (tertiary/aromatic N) is 5. The summed E-state index contributed by atoms with van der Waals surface area (Å²) in [7, 11) is 0. The molecule has 0 aliphatic carbocycles. The maximum atomic E-state index is 5.86. The Balaban J connectivity index is 2.17. The molecule has 0 aliphatic rings. The molecule has 7 heteroatoms. The van der Waals surface area contributed by atoms with Gasteiger partial charge in [-0.15, -0.1) is 0 Å². The van der Waals surface area contributed by atoms with Crippen LogP contribution in [0.3, 0.4) is 0 Å². The lowest BCUT2D eigenvalue weighted by Crippen LogP contribution is -2.07. The second-order valence-electron chi connectivity index (χ2n) is 4.58. The molecule has 3 aromatic heterocycles. The third kappa shape index (κ3) is 2.03. The summed E-state index contributed by atoms with van der Waals surface area (Å²) in [6.45, 7) is 5.70. The molecule has 0 saturated heterocycles. The zero-order valence-electron chi connectivity index (χ0n) is 11.5. The average molecular weight is 270 g/mol. The predicted molar refractivity (Wildman–Crippen MR) is 73.3 cm³/mol. The van der Waals surface area contributed by atoms with E-state index in [1.54, 1.807) is 10.7 Å². The van der Waals surface area contributed by atoms with Crippen molar-refractivity contribution in [2.45, 2.75) is 20.8 Å². The summed E-state index contributed by atoms with van der Waals surface area (Å²) >= 11 is 0. The highest BCUT2D eigenvalue weighted by Gasteiger charge is 2.14. The fourth-order valence-electron chi connectivity index (χ4n) is 2.04. The van der Waals surface area contributed by atoms with Crippen LogP contribution in [0.2, 0.25) is 0 Å². The Kier molecular flexibility index (Phi) is 2.74. The normalized spacial score (nSPS) is 10.9.